The van der Waals surface area contributed by atoms with Crippen molar-refractivity contribution in [1.82, 2.24) is 15.0 Å². The van der Waals surface area contributed by atoms with Gasteiger partial charge in [0.15, 0.2) is 0 Å². The van der Waals surface area contributed by atoms with E-state index in [0.29, 0.717) is 17.1 Å². The lowest BCUT2D eigenvalue weighted by atomic mass is 10.1. The number of fused-ring (bicyclic) bond motifs is 1. The minimum atomic E-state index is -0.282. The quantitative estimate of drug-likeness (QED) is 0.498. The summed E-state index contributed by atoms with van der Waals surface area (Å²) < 4.78 is 0. The van der Waals surface area contributed by atoms with Gasteiger partial charge in [-0.05, 0) is 35.9 Å². The maximum Gasteiger partial charge on any atom is 0.258 e. The summed E-state index contributed by atoms with van der Waals surface area (Å²) in [5, 5.41) is 3.53. The molecule has 3 aromatic rings. The molecule has 0 radical (unpaired) electrons. The second-order valence-corrected chi connectivity index (χ2v) is 4.51. The zero-order valence-corrected chi connectivity index (χ0v) is 11.0. The molecule has 7 heteroatoms. The van der Waals surface area contributed by atoms with Crippen LogP contribution in [0, 0.1) is 0 Å². The third-order valence-electron chi connectivity index (χ3n) is 2.82. The topological polar surface area (TPSA) is 96.7 Å². The Kier molecular flexibility index (Phi) is 3.00. The number of aromatic nitrogens is 3. The molecule has 6 nitrogen and oxygen atoms in total. The molecule has 1 aromatic carbocycles. The number of carbonyl (C=O) groups excluding carboxylic acids is 1. The molecule has 0 aliphatic carbocycles. The number of nitrogen functional groups attached to an aromatic ring is 1. The zero-order valence-electron chi connectivity index (χ0n) is 10.2. The van der Waals surface area contributed by atoms with Gasteiger partial charge in [-0.1, -0.05) is 0 Å². The summed E-state index contributed by atoms with van der Waals surface area (Å²) in [6, 6.07) is 6.88. The summed E-state index contributed by atoms with van der Waals surface area (Å²) in [6.07, 6.45) is 3.10. The average Bonchev–Trinajstić information content (AvgIpc) is 2.81. The van der Waals surface area contributed by atoms with E-state index in [2.05, 4.69) is 20.3 Å². The van der Waals surface area contributed by atoms with Crippen LogP contribution in [0.3, 0.4) is 0 Å². The number of nitrogens with one attached hydrogen (secondary N) is 2. The van der Waals surface area contributed by atoms with E-state index < -0.39 is 0 Å². The van der Waals surface area contributed by atoms with Crippen LogP contribution in [0.4, 0.5) is 11.5 Å². The predicted octanol–water partition coefficient (Wildman–Crippen LogP) is 2.45. The van der Waals surface area contributed by atoms with Crippen molar-refractivity contribution in [2.75, 3.05) is 11.1 Å². The van der Waals surface area contributed by atoms with E-state index in [9.17, 15) is 4.79 Å². The van der Waals surface area contributed by atoms with Gasteiger partial charge in [0.25, 0.3) is 5.91 Å². The highest BCUT2D eigenvalue weighted by Crippen LogP contribution is 2.21. The van der Waals surface area contributed by atoms with Crippen LogP contribution < -0.4 is 11.1 Å². The Balaban J connectivity index is 1.93. The second-order valence-electron chi connectivity index (χ2n) is 4.17. The van der Waals surface area contributed by atoms with Gasteiger partial charge in [0.05, 0.1) is 5.56 Å². The van der Waals surface area contributed by atoms with Gasteiger partial charge in [-0.3, -0.25) is 4.79 Å². The van der Waals surface area contributed by atoms with Crippen LogP contribution in [-0.2, 0) is 0 Å². The van der Waals surface area contributed by atoms with Crippen LogP contribution in [0.1, 0.15) is 10.4 Å². The highest BCUT2D eigenvalue weighted by molar-refractivity contribution is 6.28. The van der Waals surface area contributed by atoms with Crippen molar-refractivity contribution in [3.8, 4) is 0 Å². The number of anilines is 2. The molecule has 0 spiro atoms. The largest absolute Gasteiger partial charge is 0.399 e. The number of amides is 1. The number of benzene rings is 1. The molecule has 3 rings (SSSR count). The van der Waals surface area contributed by atoms with Crippen LogP contribution in [0.2, 0.25) is 5.28 Å². The Hall–Kier alpha value is -2.60. The van der Waals surface area contributed by atoms with Gasteiger partial charge in [-0.25, -0.2) is 9.97 Å². The molecular weight excluding hydrogens is 278 g/mol. The molecule has 1 amide bonds. The molecule has 0 unspecified atom stereocenters. The maximum absolute atomic E-state index is 12.2. The normalized spacial score (nSPS) is 10.7. The smallest absolute Gasteiger partial charge is 0.258 e. The first-order valence-electron chi connectivity index (χ1n) is 5.80. The number of aromatic amines is 1. The average molecular weight is 288 g/mol. The fourth-order valence-electron chi connectivity index (χ4n) is 1.92. The Morgan fingerprint density at radius 2 is 2.20 bits per heavy atom. The molecule has 2 aromatic heterocycles. The first kappa shape index (κ1) is 12.4. The molecule has 20 heavy (non-hydrogen) atoms. The minimum absolute atomic E-state index is 0.0782. The summed E-state index contributed by atoms with van der Waals surface area (Å²) in [5.74, 6) is 0.0654. The number of nitrogens with zero attached hydrogens (tertiary/aromatic N) is 2. The lowest BCUT2D eigenvalue weighted by Crippen LogP contribution is -2.12. The van der Waals surface area contributed by atoms with E-state index in [1.54, 1.807) is 30.5 Å². The number of halogens is 1. The van der Waals surface area contributed by atoms with Crippen LogP contribution in [0.25, 0.3) is 10.9 Å². The van der Waals surface area contributed by atoms with E-state index >= 15 is 0 Å². The predicted molar refractivity (Wildman–Crippen MR) is 77.7 cm³/mol. The van der Waals surface area contributed by atoms with Crippen molar-refractivity contribution in [2.45, 2.75) is 0 Å². The van der Waals surface area contributed by atoms with Gasteiger partial charge in [0, 0.05) is 29.0 Å². The third kappa shape index (κ3) is 2.28. The minimum Gasteiger partial charge on any atom is -0.399 e. The van der Waals surface area contributed by atoms with E-state index in [1.807, 2.05) is 0 Å². The lowest BCUT2D eigenvalue weighted by Gasteiger charge is -2.03. The molecule has 0 saturated carbocycles. The number of rotatable bonds is 2. The summed E-state index contributed by atoms with van der Waals surface area (Å²) in [7, 11) is 0. The Morgan fingerprint density at radius 3 is 3.00 bits per heavy atom. The fraction of sp³-hybridized carbons (Fsp3) is 0. The zero-order chi connectivity index (χ0) is 14.1. The summed E-state index contributed by atoms with van der Waals surface area (Å²) in [5.41, 5.74) is 7.64. The molecule has 0 bridgehead atoms. The van der Waals surface area contributed by atoms with Gasteiger partial charge in [-0.15, -0.1) is 0 Å². The SMILES string of the molecule is Nc1ccc2c(C(=O)Nc3ccnc(Cl)n3)c[nH]c2c1. The number of H-pyrrole nitrogens is 1. The highest BCUT2D eigenvalue weighted by atomic mass is 35.5. The lowest BCUT2D eigenvalue weighted by molar-refractivity contribution is 0.102. The first-order chi connectivity index (χ1) is 9.63. The Morgan fingerprint density at radius 1 is 1.35 bits per heavy atom. The van der Waals surface area contributed by atoms with Gasteiger partial charge < -0.3 is 16.0 Å². The molecule has 0 aliphatic rings. The van der Waals surface area contributed by atoms with Crippen LogP contribution >= 0.6 is 11.6 Å². The van der Waals surface area contributed by atoms with E-state index in [1.165, 1.54) is 6.20 Å². The number of carbonyl (C=O) groups is 1. The fourth-order valence-corrected chi connectivity index (χ4v) is 2.07. The van der Waals surface area contributed by atoms with Crippen molar-refractivity contribution in [2.24, 2.45) is 0 Å². The van der Waals surface area contributed by atoms with Gasteiger partial charge in [0.1, 0.15) is 5.82 Å². The molecule has 4 N–H and O–H groups in total. The molecule has 0 saturated heterocycles. The standard InChI is InChI=1S/C13H10ClN5O/c14-13-16-4-3-11(19-13)18-12(20)9-6-17-10-5-7(15)1-2-8(9)10/h1-6,17H,15H2,(H,16,18,19,20). The third-order valence-corrected chi connectivity index (χ3v) is 3.00. The van der Waals surface area contributed by atoms with Gasteiger partial charge in [-0.2, -0.15) is 0 Å². The first-order valence-corrected chi connectivity index (χ1v) is 6.18. The van der Waals surface area contributed by atoms with Crippen LogP contribution in [0.15, 0.2) is 36.7 Å². The van der Waals surface area contributed by atoms with Crippen molar-refractivity contribution in [3.05, 3.63) is 47.5 Å². The van der Waals surface area contributed by atoms with Gasteiger partial charge in [0.2, 0.25) is 5.28 Å². The molecule has 100 valence electrons. The van der Waals surface area contributed by atoms with E-state index in [0.717, 1.165) is 10.9 Å². The van der Waals surface area contributed by atoms with Crippen molar-refractivity contribution in [3.63, 3.8) is 0 Å². The van der Waals surface area contributed by atoms with Gasteiger partial charge >= 0.3 is 0 Å². The second kappa shape index (κ2) is 4.82. The van der Waals surface area contributed by atoms with Crippen molar-refractivity contribution >= 4 is 39.9 Å². The van der Waals surface area contributed by atoms with Crippen LogP contribution in [0.5, 0.6) is 0 Å². The molecule has 0 fully saturated rings. The Labute approximate surface area is 119 Å². The van der Waals surface area contributed by atoms with Crippen LogP contribution in [-0.4, -0.2) is 20.9 Å². The maximum atomic E-state index is 12.2. The molecular formula is C13H10ClN5O. The number of hydrogen-bond acceptors (Lipinski definition) is 4. The number of hydrogen-bond donors (Lipinski definition) is 3. The van der Waals surface area contributed by atoms with E-state index in [-0.39, 0.29) is 11.2 Å². The molecule has 2 heterocycles. The Bertz CT molecular complexity index is 798. The highest BCUT2D eigenvalue weighted by Gasteiger charge is 2.13. The molecule has 0 aliphatic heterocycles. The summed E-state index contributed by atoms with van der Waals surface area (Å²) in [6.45, 7) is 0. The van der Waals surface area contributed by atoms with Crippen molar-refractivity contribution < 1.29 is 4.79 Å². The van der Waals surface area contributed by atoms with Crippen molar-refractivity contribution in [1.29, 1.82) is 0 Å². The molecule has 0 atom stereocenters. The summed E-state index contributed by atoms with van der Waals surface area (Å²) in [4.78, 5) is 22.9. The monoisotopic (exact) mass is 287 g/mol. The number of nitrogens with two attached hydrogens (primary N) is 1. The summed E-state index contributed by atoms with van der Waals surface area (Å²) >= 11 is 5.67. The van der Waals surface area contributed by atoms with E-state index in [4.69, 9.17) is 17.3 Å².